The van der Waals surface area contributed by atoms with E-state index in [1.807, 2.05) is 0 Å². The van der Waals surface area contributed by atoms with Gasteiger partial charge in [-0.1, -0.05) is 13.3 Å². The maximum Gasteiger partial charge on any atom is 0.111 e. The SMILES string of the molecule is CCCC(COC)n1c(CCCl)nc2cc(I)ccc21. The molecule has 1 aromatic carbocycles. The molecule has 0 fully saturated rings. The number of aromatic nitrogens is 2. The molecule has 0 aliphatic heterocycles. The molecule has 2 rings (SSSR count). The van der Waals surface area contributed by atoms with Crippen LogP contribution in [0.15, 0.2) is 18.2 Å². The van der Waals surface area contributed by atoms with Gasteiger partial charge in [-0.3, -0.25) is 0 Å². The minimum atomic E-state index is 0.327. The third kappa shape index (κ3) is 3.46. The molecule has 1 heterocycles. The molecule has 0 N–H and O–H groups in total. The van der Waals surface area contributed by atoms with E-state index in [0.29, 0.717) is 18.5 Å². The standard InChI is InChI=1S/C15H20ClIN2O/c1-3-4-12(10-20-2)19-14-6-5-11(17)9-13(14)18-15(19)7-8-16/h5-6,9,12H,3-4,7-8,10H2,1-2H3. The molecule has 0 spiro atoms. The van der Waals surface area contributed by atoms with Gasteiger partial charge in [0.15, 0.2) is 0 Å². The van der Waals surface area contributed by atoms with Crippen molar-refractivity contribution in [1.29, 1.82) is 0 Å². The van der Waals surface area contributed by atoms with E-state index in [1.165, 1.54) is 9.09 Å². The van der Waals surface area contributed by atoms with E-state index in [4.69, 9.17) is 21.3 Å². The van der Waals surface area contributed by atoms with Gasteiger partial charge in [-0.2, -0.15) is 0 Å². The lowest BCUT2D eigenvalue weighted by atomic mass is 10.1. The molecule has 1 atom stereocenters. The monoisotopic (exact) mass is 406 g/mol. The number of fused-ring (bicyclic) bond motifs is 1. The van der Waals surface area contributed by atoms with Crippen molar-refractivity contribution in [2.24, 2.45) is 0 Å². The Morgan fingerprint density at radius 1 is 1.45 bits per heavy atom. The van der Waals surface area contributed by atoms with E-state index in [0.717, 1.165) is 30.6 Å². The highest BCUT2D eigenvalue weighted by Crippen LogP contribution is 2.26. The number of aryl methyl sites for hydroxylation is 1. The fourth-order valence-electron chi connectivity index (χ4n) is 2.60. The molecule has 0 amide bonds. The second kappa shape index (κ2) is 7.61. The van der Waals surface area contributed by atoms with Crippen LogP contribution < -0.4 is 0 Å². The van der Waals surface area contributed by atoms with Gasteiger partial charge in [0.1, 0.15) is 5.82 Å². The lowest BCUT2D eigenvalue weighted by molar-refractivity contribution is 0.151. The van der Waals surface area contributed by atoms with Gasteiger partial charge in [0.2, 0.25) is 0 Å². The fraction of sp³-hybridized carbons (Fsp3) is 0.533. The zero-order valence-corrected chi connectivity index (χ0v) is 14.8. The van der Waals surface area contributed by atoms with E-state index < -0.39 is 0 Å². The lowest BCUT2D eigenvalue weighted by Crippen LogP contribution is -2.17. The molecule has 2 aromatic rings. The highest BCUT2D eigenvalue weighted by atomic mass is 127. The minimum absolute atomic E-state index is 0.327. The molecule has 3 nitrogen and oxygen atoms in total. The molecule has 1 unspecified atom stereocenters. The van der Waals surface area contributed by atoms with Crippen molar-refractivity contribution < 1.29 is 4.74 Å². The summed E-state index contributed by atoms with van der Waals surface area (Å²) in [6, 6.07) is 6.73. The van der Waals surface area contributed by atoms with E-state index in [-0.39, 0.29) is 0 Å². The van der Waals surface area contributed by atoms with Crippen molar-refractivity contribution in [3.8, 4) is 0 Å². The molecule has 0 aliphatic carbocycles. The van der Waals surface area contributed by atoms with Crippen molar-refractivity contribution in [3.63, 3.8) is 0 Å². The zero-order chi connectivity index (χ0) is 14.5. The quantitative estimate of drug-likeness (QED) is 0.503. The first kappa shape index (κ1) is 16.0. The van der Waals surface area contributed by atoms with Gasteiger partial charge >= 0.3 is 0 Å². The van der Waals surface area contributed by atoms with Crippen LogP contribution in [0.3, 0.4) is 0 Å². The van der Waals surface area contributed by atoms with E-state index in [9.17, 15) is 0 Å². The third-order valence-electron chi connectivity index (χ3n) is 3.39. The molecular weight excluding hydrogens is 387 g/mol. The van der Waals surface area contributed by atoms with Gasteiger partial charge in [0.25, 0.3) is 0 Å². The fourth-order valence-corrected chi connectivity index (χ4v) is 3.25. The summed E-state index contributed by atoms with van der Waals surface area (Å²) < 4.78 is 8.93. The summed E-state index contributed by atoms with van der Waals surface area (Å²) in [6.07, 6.45) is 3.00. The first-order chi connectivity index (χ1) is 9.71. The molecule has 0 saturated heterocycles. The Morgan fingerprint density at radius 2 is 2.25 bits per heavy atom. The predicted octanol–water partition coefficient (Wildman–Crippen LogP) is 4.41. The molecule has 1 aromatic heterocycles. The summed E-state index contributed by atoms with van der Waals surface area (Å²) in [6.45, 7) is 2.91. The Bertz CT molecular complexity index is 564. The van der Waals surface area contributed by atoms with Crippen LogP contribution in [0.1, 0.15) is 31.6 Å². The molecule has 20 heavy (non-hydrogen) atoms. The zero-order valence-electron chi connectivity index (χ0n) is 11.9. The number of benzene rings is 1. The number of rotatable bonds is 7. The molecule has 5 heteroatoms. The van der Waals surface area contributed by atoms with E-state index in [2.05, 4.69) is 52.3 Å². The highest BCUT2D eigenvalue weighted by Gasteiger charge is 2.18. The van der Waals surface area contributed by atoms with E-state index in [1.54, 1.807) is 7.11 Å². The second-order valence-corrected chi connectivity index (χ2v) is 6.49. The molecular formula is C15H20ClIN2O. The number of imidazole rings is 1. The average molecular weight is 407 g/mol. The molecule has 0 aliphatic rings. The summed E-state index contributed by atoms with van der Waals surface area (Å²) in [5.74, 6) is 1.65. The van der Waals surface area contributed by atoms with Crippen LogP contribution in [-0.4, -0.2) is 29.1 Å². The Labute approximate surface area is 138 Å². The predicted molar refractivity (Wildman–Crippen MR) is 92.7 cm³/mol. The third-order valence-corrected chi connectivity index (χ3v) is 4.25. The number of methoxy groups -OCH3 is 1. The van der Waals surface area contributed by atoms with Crippen LogP contribution in [0, 0.1) is 3.57 Å². The average Bonchev–Trinajstić information content (AvgIpc) is 2.76. The Hall–Kier alpha value is -0.330. The first-order valence-electron chi connectivity index (χ1n) is 6.92. The van der Waals surface area contributed by atoms with Crippen LogP contribution in [-0.2, 0) is 11.2 Å². The van der Waals surface area contributed by atoms with Gasteiger partial charge in [-0.25, -0.2) is 4.98 Å². The van der Waals surface area contributed by atoms with Gasteiger partial charge in [-0.15, -0.1) is 11.6 Å². The summed E-state index contributed by atoms with van der Waals surface area (Å²) in [4.78, 5) is 4.77. The van der Waals surface area contributed by atoms with Crippen LogP contribution in [0.2, 0.25) is 0 Å². The second-order valence-electron chi connectivity index (χ2n) is 4.87. The number of ether oxygens (including phenoxy) is 1. The van der Waals surface area contributed by atoms with Gasteiger partial charge < -0.3 is 9.30 Å². The molecule has 0 radical (unpaired) electrons. The maximum absolute atomic E-state index is 5.94. The topological polar surface area (TPSA) is 27.1 Å². The smallest absolute Gasteiger partial charge is 0.111 e. The van der Waals surface area contributed by atoms with Crippen LogP contribution in [0.5, 0.6) is 0 Å². The molecule has 0 saturated carbocycles. The van der Waals surface area contributed by atoms with Crippen LogP contribution in [0.25, 0.3) is 11.0 Å². The Kier molecular flexibility index (Phi) is 6.11. The molecule has 0 bridgehead atoms. The number of hydrogen-bond acceptors (Lipinski definition) is 2. The number of hydrogen-bond donors (Lipinski definition) is 0. The van der Waals surface area contributed by atoms with Crippen LogP contribution >= 0.6 is 34.2 Å². The highest BCUT2D eigenvalue weighted by molar-refractivity contribution is 14.1. The number of halogens is 2. The molecule has 110 valence electrons. The number of alkyl halides is 1. The maximum atomic E-state index is 5.94. The largest absolute Gasteiger partial charge is 0.383 e. The summed E-state index contributed by atoms with van der Waals surface area (Å²) in [5.41, 5.74) is 2.23. The van der Waals surface area contributed by atoms with Crippen molar-refractivity contribution in [2.75, 3.05) is 19.6 Å². The van der Waals surface area contributed by atoms with Crippen LogP contribution in [0.4, 0.5) is 0 Å². The van der Waals surface area contributed by atoms with Crippen molar-refractivity contribution in [2.45, 2.75) is 32.2 Å². The normalized spacial score (nSPS) is 13.0. The first-order valence-corrected chi connectivity index (χ1v) is 8.53. The van der Waals surface area contributed by atoms with Crippen molar-refractivity contribution in [1.82, 2.24) is 9.55 Å². The Morgan fingerprint density at radius 3 is 2.90 bits per heavy atom. The van der Waals surface area contributed by atoms with Gasteiger partial charge in [0, 0.05) is 23.0 Å². The van der Waals surface area contributed by atoms with E-state index >= 15 is 0 Å². The van der Waals surface area contributed by atoms with Crippen molar-refractivity contribution in [3.05, 3.63) is 27.6 Å². The number of nitrogens with zero attached hydrogens (tertiary/aromatic N) is 2. The summed E-state index contributed by atoms with van der Waals surface area (Å²) >= 11 is 8.26. The summed E-state index contributed by atoms with van der Waals surface area (Å²) in [7, 11) is 1.76. The minimum Gasteiger partial charge on any atom is -0.383 e. The summed E-state index contributed by atoms with van der Waals surface area (Å²) in [5, 5.41) is 0. The lowest BCUT2D eigenvalue weighted by Gasteiger charge is -2.20. The Balaban J connectivity index is 2.53. The van der Waals surface area contributed by atoms with Crippen molar-refractivity contribution >= 4 is 45.2 Å². The van der Waals surface area contributed by atoms with Gasteiger partial charge in [0.05, 0.1) is 23.7 Å². The van der Waals surface area contributed by atoms with Gasteiger partial charge in [-0.05, 0) is 47.2 Å².